The summed E-state index contributed by atoms with van der Waals surface area (Å²) in [4.78, 5) is 51.4. The van der Waals surface area contributed by atoms with Crippen molar-refractivity contribution in [2.24, 2.45) is 0 Å². The van der Waals surface area contributed by atoms with Gasteiger partial charge in [-0.15, -0.1) is 0 Å². The molecule has 2 aliphatic heterocycles. The molecule has 2 N–H and O–H groups in total. The zero-order valence-corrected chi connectivity index (χ0v) is 15.9. The highest BCUT2D eigenvalue weighted by Gasteiger charge is 2.46. The van der Waals surface area contributed by atoms with Crippen LogP contribution in [0.3, 0.4) is 0 Å². The number of unbranched alkanes of at least 4 members (excludes halogenated alkanes) is 1. The number of rotatable bonds is 8. The molecule has 0 aromatic heterocycles. The first kappa shape index (κ1) is 19.9. The third-order valence-corrected chi connectivity index (χ3v) is 5.32. The van der Waals surface area contributed by atoms with Crippen LogP contribution in [0.1, 0.15) is 43.7 Å². The summed E-state index contributed by atoms with van der Waals surface area (Å²) in [6.45, 7) is 2.28. The number of urea groups is 1. The summed E-state index contributed by atoms with van der Waals surface area (Å²) in [6, 6.07) is 5.86. The Morgan fingerprint density at radius 1 is 1.25 bits per heavy atom. The molecule has 28 heavy (non-hydrogen) atoms. The SMILES string of the molecule is CCCCC(NC(=O)CCN1C(=O)C2Cc3ccccc3CN2C1=O)C(=O)O. The highest BCUT2D eigenvalue weighted by atomic mass is 16.4. The number of imide groups is 1. The molecule has 150 valence electrons. The molecule has 3 rings (SSSR count). The minimum absolute atomic E-state index is 0.0486. The van der Waals surface area contributed by atoms with Crippen molar-refractivity contribution in [2.75, 3.05) is 6.54 Å². The molecule has 2 aliphatic rings. The second-order valence-corrected chi connectivity index (χ2v) is 7.24. The maximum Gasteiger partial charge on any atom is 0.327 e. The second kappa shape index (κ2) is 8.41. The van der Waals surface area contributed by atoms with Crippen molar-refractivity contribution >= 4 is 23.8 Å². The molecule has 8 heteroatoms. The van der Waals surface area contributed by atoms with Crippen molar-refractivity contribution < 1.29 is 24.3 Å². The van der Waals surface area contributed by atoms with Gasteiger partial charge in [-0.3, -0.25) is 14.5 Å². The molecule has 0 bridgehead atoms. The van der Waals surface area contributed by atoms with Crippen molar-refractivity contribution in [3.05, 3.63) is 35.4 Å². The van der Waals surface area contributed by atoms with E-state index in [1.54, 1.807) is 4.90 Å². The van der Waals surface area contributed by atoms with E-state index in [1.165, 1.54) is 0 Å². The molecule has 1 aromatic rings. The number of amides is 4. The van der Waals surface area contributed by atoms with Crippen LogP contribution in [0.25, 0.3) is 0 Å². The number of fused-ring (bicyclic) bond motifs is 2. The first-order chi connectivity index (χ1) is 13.4. The number of nitrogens with one attached hydrogen (secondary N) is 1. The molecule has 2 unspecified atom stereocenters. The number of nitrogens with zero attached hydrogens (tertiary/aromatic N) is 2. The molecule has 4 amide bonds. The highest BCUT2D eigenvalue weighted by Crippen LogP contribution is 2.29. The number of hydrogen-bond donors (Lipinski definition) is 2. The fraction of sp³-hybridized carbons (Fsp3) is 0.500. The Kier molecular flexibility index (Phi) is 5.96. The lowest BCUT2D eigenvalue weighted by Crippen LogP contribution is -2.42. The van der Waals surface area contributed by atoms with Gasteiger partial charge in [0.15, 0.2) is 0 Å². The number of aliphatic carboxylic acids is 1. The Morgan fingerprint density at radius 2 is 1.96 bits per heavy atom. The smallest absolute Gasteiger partial charge is 0.327 e. The minimum atomic E-state index is -1.08. The van der Waals surface area contributed by atoms with Gasteiger partial charge in [0.05, 0.1) is 0 Å². The Bertz CT molecular complexity index is 751. The Morgan fingerprint density at radius 3 is 2.64 bits per heavy atom. The quantitative estimate of drug-likeness (QED) is 0.658. The van der Waals surface area contributed by atoms with E-state index in [0.717, 1.165) is 22.4 Å². The van der Waals surface area contributed by atoms with Crippen LogP contribution < -0.4 is 5.32 Å². The van der Waals surface area contributed by atoms with Gasteiger partial charge >= 0.3 is 12.0 Å². The van der Waals surface area contributed by atoms with Gasteiger partial charge in [-0.1, -0.05) is 44.0 Å². The molecule has 1 aromatic carbocycles. The van der Waals surface area contributed by atoms with E-state index >= 15 is 0 Å². The third kappa shape index (κ3) is 4.00. The van der Waals surface area contributed by atoms with E-state index in [1.807, 2.05) is 31.2 Å². The van der Waals surface area contributed by atoms with Gasteiger partial charge in [0.25, 0.3) is 5.91 Å². The van der Waals surface area contributed by atoms with Crippen molar-refractivity contribution in [3.8, 4) is 0 Å². The molecule has 0 spiro atoms. The zero-order valence-electron chi connectivity index (χ0n) is 15.9. The summed E-state index contributed by atoms with van der Waals surface area (Å²) in [5, 5.41) is 11.7. The largest absolute Gasteiger partial charge is 0.480 e. The van der Waals surface area contributed by atoms with Crippen LogP contribution in [-0.4, -0.2) is 57.3 Å². The average Bonchev–Trinajstić information content (AvgIpc) is 2.91. The van der Waals surface area contributed by atoms with Gasteiger partial charge in [0, 0.05) is 25.9 Å². The van der Waals surface area contributed by atoms with E-state index in [2.05, 4.69) is 5.32 Å². The Labute approximate surface area is 163 Å². The number of carbonyl (C=O) groups is 4. The van der Waals surface area contributed by atoms with Gasteiger partial charge in [-0.2, -0.15) is 0 Å². The van der Waals surface area contributed by atoms with E-state index in [0.29, 0.717) is 25.8 Å². The van der Waals surface area contributed by atoms with Crippen LogP contribution in [0, 0.1) is 0 Å². The van der Waals surface area contributed by atoms with Gasteiger partial charge in [-0.05, 0) is 17.5 Å². The summed E-state index contributed by atoms with van der Waals surface area (Å²) in [6.07, 6.45) is 2.24. The van der Waals surface area contributed by atoms with Crippen molar-refractivity contribution in [1.82, 2.24) is 15.1 Å². The first-order valence-electron chi connectivity index (χ1n) is 9.63. The predicted octanol–water partition coefficient (Wildman–Crippen LogP) is 1.53. The summed E-state index contributed by atoms with van der Waals surface area (Å²) in [5.41, 5.74) is 2.09. The summed E-state index contributed by atoms with van der Waals surface area (Å²) >= 11 is 0. The predicted molar refractivity (Wildman–Crippen MR) is 100 cm³/mol. The van der Waals surface area contributed by atoms with Crippen LogP contribution in [0.4, 0.5) is 4.79 Å². The highest BCUT2D eigenvalue weighted by molar-refractivity contribution is 6.05. The molecule has 0 radical (unpaired) electrons. The monoisotopic (exact) mass is 387 g/mol. The van der Waals surface area contributed by atoms with E-state index in [-0.39, 0.29) is 18.9 Å². The summed E-state index contributed by atoms with van der Waals surface area (Å²) in [7, 11) is 0. The van der Waals surface area contributed by atoms with Crippen LogP contribution in [0.2, 0.25) is 0 Å². The number of carbonyl (C=O) groups excluding carboxylic acids is 3. The fourth-order valence-corrected chi connectivity index (χ4v) is 3.73. The van der Waals surface area contributed by atoms with E-state index in [9.17, 15) is 24.3 Å². The lowest BCUT2D eigenvalue weighted by molar-refractivity contribution is -0.142. The van der Waals surface area contributed by atoms with E-state index in [4.69, 9.17) is 0 Å². The number of hydrogen-bond acceptors (Lipinski definition) is 4. The third-order valence-electron chi connectivity index (χ3n) is 5.32. The van der Waals surface area contributed by atoms with Gasteiger partial charge in [0.2, 0.25) is 5.91 Å². The first-order valence-corrected chi connectivity index (χ1v) is 9.63. The Balaban J connectivity index is 1.58. The van der Waals surface area contributed by atoms with Gasteiger partial charge in [-0.25, -0.2) is 9.59 Å². The molecule has 0 aliphatic carbocycles. The Hall–Kier alpha value is -2.90. The molecular formula is C20H25N3O5. The molecule has 1 fully saturated rings. The maximum atomic E-state index is 12.7. The number of benzene rings is 1. The molecule has 2 atom stereocenters. The molecule has 2 heterocycles. The minimum Gasteiger partial charge on any atom is -0.480 e. The molecule has 0 saturated carbocycles. The van der Waals surface area contributed by atoms with Gasteiger partial charge in [0.1, 0.15) is 12.1 Å². The molecule has 1 saturated heterocycles. The van der Waals surface area contributed by atoms with Crippen LogP contribution in [0.5, 0.6) is 0 Å². The van der Waals surface area contributed by atoms with E-state index < -0.39 is 30.0 Å². The fourth-order valence-electron chi connectivity index (χ4n) is 3.73. The summed E-state index contributed by atoms with van der Waals surface area (Å²) in [5.74, 6) is -1.85. The summed E-state index contributed by atoms with van der Waals surface area (Å²) < 4.78 is 0. The van der Waals surface area contributed by atoms with Crippen LogP contribution in [0.15, 0.2) is 24.3 Å². The average molecular weight is 387 g/mol. The van der Waals surface area contributed by atoms with Crippen LogP contribution >= 0.6 is 0 Å². The normalized spacial score (nSPS) is 19.2. The zero-order chi connectivity index (χ0) is 20.3. The van der Waals surface area contributed by atoms with Crippen molar-refractivity contribution in [2.45, 2.75) is 57.7 Å². The molecule has 8 nitrogen and oxygen atoms in total. The standard InChI is InChI=1S/C20H25N3O5/c1-2-3-8-15(19(26)27)21-17(24)9-10-22-18(25)16-11-13-6-4-5-7-14(13)12-23(16)20(22)28/h4-7,15-16H,2-3,8-12H2,1H3,(H,21,24)(H,26,27). The van der Waals surface area contributed by atoms with Crippen LogP contribution in [-0.2, 0) is 27.3 Å². The lowest BCUT2D eigenvalue weighted by atomic mass is 9.95. The maximum absolute atomic E-state index is 12.7. The topological polar surface area (TPSA) is 107 Å². The van der Waals surface area contributed by atoms with Crippen molar-refractivity contribution in [1.29, 1.82) is 0 Å². The number of carboxylic acids is 1. The second-order valence-electron chi connectivity index (χ2n) is 7.24. The van der Waals surface area contributed by atoms with Gasteiger partial charge < -0.3 is 15.3 Å². The molecular weight excluding hydrogens is 362 g/mol. The number of carboxylic acid groups (broad SMARTS) is 1. The lowest BCUT2D eigenvalue weighted by Gasteiger charge is -2.28. The van der Waals surface area contributed by atoms with Crippen molar-refractivity contribution in [3.63, 3.8) is 0 Å².